The van der Waals surface area contributed by atoms with Gasteiger partial charge in [0.05, 0.1) is 12.5 Å². The Morgan fingerprint density at radius 2 is 2.00 bits per heavy atom. The van der Waals surface area contributed by atoms with Crippen LogP contribution < -0.4 is 0 Å². The molecular weight excluding hydrogens is 200 g/mol. The summed E-state index contributed by atoms with van der Waals surface area (Å²) in [6.45, 7) is 8.63. The van der Waals surface area contributed by atoms with Gasteiger partial charge in [0.25, 0.3) is 0 Å². The number of rotatable bonds is 8. The van der Waals surface area contributed by atoms with Crippen LogP contribution in [0.1, 0.15) is 53.4 Å². The van der Waals surface area contributed by atoms with E-state index >= 15 is 0 Å². The third-order valence-electron chi connectivity index (χ3n) is 2.89. The third-order valence-corrected chi connectivity index (χ3v) is 2.89. The average Bonchev–Trinajstić information content (AvgIpc) is 2.28. The van der Waals surface area contributed by atoms with E-state index in [0.29, 0.717) is 12.5 Å². The molecule has 0 spiro atoms. The lowest BCUT2D eigenvalue weighted by molar-refractivity contribution is -0.149. The highest BCUT2D eigenvalue weighted by Gasteiger charge is 2.25. The van der Waals surface area contributed by atoms with Crippen molar-refractivity contribution in [3.63, 3.8) is 0 Å². The first-order chi connectivity index (χ1) is 7.71. The second-order valence-corrected chi connectivity index (χ2v) is 4.10. The van der Waals surface area contributed by atoms with E-state index in [0.717, 1.165) is 25.7 Å². The smallest absolute Gasteiger partial charge is 0.309 e. The molecule has 0 saturated carbocycles. The van der Waals surface area contributed by atoms with Crippen LogP contribution in [0.2, 0.25) is 0 Å². The number of unbranched alkanes of at least 4 members (excludes halogenated alkanes) is 1. The highest BCUT2D eigenvalue weighted by Crippen LogP contribution is 2.24. The molecule has 0 unspecified atom stereocenters. The molecule has 0 N–H and O–H groups in total. The van der Waals surface area contributed by atoms with Crippen LogP contribution in [0, 0.1) is 11.8 Å². The van der Waals surface area contributed by atoms with Gasteiger partial charge in [-0.2, -0.15) is 0 Å². The van der Waals surface area contributed by atoms with E-state index in [4.69, 9.17) is 4.74 Å². The summed E-state index contributed by atoms with van der Waals surface area (Å²) in [5.41, 5.74) is 0. The molecule has 94 valence electrons. The van der Waals surface area contributed by atoms with Crippen molar-refractivity contribution in [2.75, 3.05) is 6.61 Å². The average molecular weight is 226 g/mol. The molecule has 0 rings (SSSR count). The van der Waals surface area contributed by atoms with Gasteiger partial charge in [-0.05, 0) is 32.6 Å². The van der Waals surface area contributed by atoms with Gasteiger partial charge in [0.1, 0.15) is 0 Å². The molecule has 0 saturated heterocycles. The molecule has 0 fully saturated rings. The number of carbonyl (C=O) groups is 1. The molecule has 0 bridgehead atoms. The maximum absolute atomic E-state index is 11.9. The molecule has 0 radical (unpaired) electrons. The fourth-order valence-electron chi connectivity index (χ4n) is 1.98. The zero-order chi connectivity index (χ0) is 12.4. The van der Waals surface area contributed by atoms with Crippen molar-refractivity contribution in [3.05, 3.63) is 12.2 Å². The topological polar surface area (TPSA) is 26.3 Å². The maximum atomic E-state index is 11.9. The van der Waals surface area contributed by atoms with Crippen molar-refractivity contribution < 1.29 is 9.53 Å². The first-order valence-electron chi connectivity index (χ1n) is 6.50. The summed E-state index contributed by atoms with van der Waals surface area (Å²) in [5, 5.41) is 0. The fraction of sp³-hybridized carbons (Fsp3) is 0.786. The zero-order valence-corrected chi connectivity index (χ0v) is 11.2. The molecule has 2 atom stereocenters. The van der Waals surface area contributed by atoms with E-state index in [2.05, 4.69) is 19.9 Å². The van der Waals surface area contributed by atoms with Crippen molar-refractivity contribution in [2.45, 2.75) is 53.4 Å². The molecule has 16 heavy (non-hydrogen) atoms. The van der Waals surface area contributed by atoms with Crippen molar-refractivity contribution in [2.24, 2.45) is 11.8 Å². The standard InChI is InChI=1S/C14H26O2/c1-5-9-11-13(14(15)16-8-4)12(7-3)10-6-2/h6,10,12-13H,5,7-9,11H2,1-4H3/b10-6+/t12-,13-/m0/s1. The van der Waals surface area contributed by atoms with Crippen LogP contribution in [0.5, 0.6) is 0 Å². The molecule has 0 aliphatic rings. The minimum absolute atomic E-state index is 0.0269. The summed E-state index contributed by atoms with van der Waals surface area (Å²) >= 11 is 0. The van der Waals surface area contributed by atoms with Crippen LogP contribution in [-0.2, 0) is 9.53 Å². The highest BCUT2D eigenvalue weighted by molar-refractivity contribution is 5.73. The van der Waals surface area contributed by atoms with Gasteiger partial charge in [0.15, 0.2) is 0 Å². The summed E-state index contributed by atoms with van der Waals surface area (Å²) < 4.78 is 5.16. The van der Waals surface area contributed by atoms with Gasteiger partial charge in [0, 0.05) is 0 Å². The lowest BCUT2D eigenvalue weighted by Crippen LogP contribution is -2.24. The maximum Gasteiger partial charge on any atom is 0.309 e. The normalized spacial score (nSPS) is 15.0. The monoisotopic (exact) mass is 226 g/mol. The fourth-order valence-corrected chi connectivity index (χ4v) is 1.98. The summed E-state index contributed by atoms with van der Waals surface area (Å²) in [6, 6.07) is 0. The predicted molar refractivity (Wildman–Crippen MR) is 68.2 cm³/mol. The van der Waals surface area contributed by atoms with Crippen molar-refractivity contribution in [3.8, 4) is 0 Å². The lowest BCUT2D eigenvalue weighted by Gasteiger charge is -2.21. The van der Waals surface area contributed by atoms with Gasteiger partial charge in [-0.1, -0.05) is 38.8 Å². The Bertz CT molecular complexity index is 209. The van der Waals surface area contributed by atoms with Crippen LogP contribution >= 0.6 is 0 Å². The minimum Gasteiger partial charge on any atom is -0.466 e. The van der Waals surface area contributed by atoms with Crippen LogP contribution in [-0.4, -0.2) is 12.6 Å². The number of hydrogen-bond donors (Lipinski definition) is 0. The van der Waals surface area contributed by atoms with Crippen LogP contribution in [0.25, 0.3) is 0 Å². The van der Waals surface area contributed by atoms with Crippen LogP contribution in [0.4, 0.5) is 0 Å². The van der Waals surface area contributed by atoms with E-state index in [9.17, 15) is 4.79 Å². The Balaban J connectivity index is 4.54. The Kier molecular flexibility index (Phi) is 8.97. The number of esters is 1. The molecule has 2 nitrogen and oxygen atoms in total. The molecule has 0 amide bonds. The Hall–Kier alpha value is -0.790. The van der Waals surface area contributed by atoms with E-state index in [1.165, 1.54) is 0 Å². The van der Waals surface area contributed by atoms with Crippen molar-refractivity contribution in [1.29, 1.82) is 0 Å². The van der Waals surface area contributed by atoms with Gasteiger partial charge in [-0.15, -0.1) is 0 Å². The van der Waals surface area contributed by atoms with Gasteiger partial charge in [-0.25, -0.2) is 0 Å². The molecule has 0 aromatic carbocycles. The van der Waals surface area contributed by atoms with E-state index in [1.54, 1.807) is 0 Å². The van der Waals surface area contributed by atoms with E-state index < -0.39 is 0 Å². The van der Waals surface area contributed by atoms with E-state index in [-0.39, 0.29) is 11.9 Å². The zero-order valence-electron chi connectivity index (χ0n) is 11.2. The van der Waals surface area contributed by atoms with Crippen molar-refractivity contribution >= 4 is 5.97 Å². The Morgan fingerprint density at radius 3 is 2.44 bits per heavy atom. The highest BCUT2D eigenvalue weighted by atomic mass is 16.5. The van der Waals surface area contributed by atoms with Crippen LogP contribution in [0.3, 0.4) is 0 Å². The number of ether oxygens (including phenoxy) is 1. The summed E-state index contributed by atoms with van der Waals surface area (Å²) in [5.74, 6) is 0.345. The second-order valence-electron chi connectivity index (χ2n) is 4.10. The summed E-state index contributed by atoms with van der Waals surface area (Å²) in [7, 11) is 0. The lowest BCUT2D eigenvalue weighted by atomic mass is 9.86. The first-order valence-corrected chi connectivity index (χ1v) is 6.50. The molecule has 0 heterocycles. The van der Waals surface area contributed by atoms with Gasteiger partial charge in [-0.3, -0.25) is 4.79 Å². The molecular formula is C14H26O2. The van der Waals surface area contributed by atoms with Gasteiger partial charge >= 0.3 is 5.97 Å². The van der Waals surface area contributed by atoms with E-state index in [1.807, 2.05) is 19.9 Å². The Morgan fingerprint density at radius 1 is 1.31 bits per heavy atom. The SMILES string of the molecule is C/C=C/[C@H](CC)[C@H](CCCC)C(=O)OCC. The predicted octanol–water partition coefficient (Wildman–Crippen LogP) is 3.96. The molecule has 0 aliphatic heterocycles. The second kappa shape index (κ2) is 9.44. The summed E-state index contributed by atoms with van der Waals surface area (Å²) in [4.78, 5) is 11.9. The van der Waals surface area contributed by atoms with Crippen LogP contribution in [0.15, 0.2) is 12.2 Å². The molecule has 0 aromatic rings. The number of carbonyl (C=O) groups excluding carboxylic acids is 1. The first kappa shape index (κ1) is 15.2. The van der Waals surface area contributed by atoms with Crippen molar-refractivity contribution in [1.82, 2.24) is 0 Å². The largest absolute Gasteiger partial charge is 0.466 e. The van der Waals surface area contributed by atoms with Gasteiger partial charge < -0.3 is 4.74 Å². The number of hydrogen-bond acceptors (Lipinski definition) is 2. The Labute approximate surface area is 100 Å². The number of allylic oxidation sites excluding steroid dienone is 2. The molecule has 0 aliphatic carbocycles. The minimum atomic E-state index is -0.0269. The quantitative estimate of drug-likeness (QED) is 0.462. The summed E-state index contributed by atoms with van der Waals surface area (Å²) in [6.07, 6.45) is 8.33. The molecule has 0 aromatic heterocycles. The molecule has 2 heteroatoms. The third kappa shape index (κ3) is 5.34. The van der Waals surface area contributed by atoms with Gasteiger partial charge in [0.2, 0.25) is 0 Å².